The average molecular weight is 420 g/mol. The molecule has 0 unspecified atom stereocenters. The highest BCUT2D eigenvalue weighted by molar-refractivity contribution is 6.42. The van der Waals surface area contributed by atoms with Crippen molar-refractivity contribution in [2.45, 2.75) is 13.1 Å². The summed E-state index contributed by atoms with van der Waals surface area (Å²) in [6.45, 7) is 0.898. The molecule has 0 saturated carbocycles. The molecule has 3 aromatic carbocycles. The number of anilines is 1. The van der Waals surface area contributed by atoms with Gasteiger partial charge in [-0.15, -0.1) is 0 Å². The summed E-state index contributed by atoms with van der Waals surface area (Å²) in [7, 11) is 0. The van der Waals surface area contributed by atoms with E-state index in [1.807, 2.05) is 60.7 Å². The highest BCUT2D eigenvalue weighted by Gasteiger charge is 2.18. The molecule has 0 radical (unpaired) electrons. The Morgan fingerprint density at radius 2 is 1.22 bits per heavy atom. The first-order valence-electron chi connectivity index (χ1n) is 8.31. The van der Waals surface area contributed by atoms with Gasteiger partial charge in [0.15, 0.2) is 0 Å². The predicted octanol–water partition coefficient (Wildman–Crippen LogP) is 6.88. The lowest BCUT2D eigenvalue weighted by molar-refractivity contribution is 0.206. The van der Waals surface area contributed by atoms with E-state index < -0.39 is 0 Å². The van der Waals surface area contributed by atoms with Crippen LogP contribution in [0.3, 0.4) is 0 Å². The van der Waals surface area contributed by atoms with Crippen molar-refractivity contribution >= 4 is 46.5 Å². The maximum atomic E-state index is 13.0. The lowest BCUT2D eigenvalue weighted by Crippen LogP contribution is -2.34. The van der Waals surface area contributed by atoms with E-state index in [-0.39, 0.29) is 6.03 Å². The lowest BCUT2D eigenvalue weighted by Gasteiger charge is -2.24. The van der Waals surface area contributed by atoms with Crippen LogP contribution in [0.5, 0.6) is 0 Å². The number of hydrogen-bond acceptors (Lipinski definition) is 1. The monoisotopic (exact) mass is 418 g/mol. The molecule has 3 aromatic rings. The quantitative estimate of drug-likeness (QED) is 0.480. The van der Waals surface area contributed by atoms with Crippen LogP contribution in [0.2, 0.25) is 15.1 Å². The number of carbonyl (C=O) groups excluding carboxylic acids is 1. The average Bonchev–Trinajstić information content (AvgIpc) is 2.65. The second-order valence-electron chi connectivity index (χ2n) is 6.00. The molecule has 0 spiro atoms. The molecule has 6 heteroatoms. The molecule has 0 bridgehead atoms. The van der Waals surface area contributed by atoms with Crippen LogP contribution in [-0.2, 0) is 13.1 Å². The molecule has 27 heavy (non-hydrogen) atoms. The molecule has 0 aliphatic heterocycles. The maximum Gasteiger partial charge on any atom is 0.322 e. The van der Waals surface area contributed by atoms with Crippen molar-refractivity contribution < 1.29 is 4.79 Å². The second kappa shape index (κ2) is 9.14. The summed E-state index contributed by atoms with van der Waals surface area (Å²) in [6, 6.07) is 22.4. The Bertz CT molecular complexity index is 853. The number of hydrogen-bond donors (Lipinski definition) is 1. The van der Waals surface area contributed by atoms with Gasteiger partial charge in [0.25, 0.3) is 0 Å². The third kappa shape index (κ3) is 5.39. The normalized spacial score (nSPS) is 10.5. The van der Waals surface area contributed by atoms with Crippen molar-refractivity contribution in [1.82, 2.24) is 4.90 Å². The Labute approximate surface area is 173 Å². The van der Waals surface area contributed by atoms with Gasteiger partial charge in [0, 0.05) is 18.1 Å². The zero-order chi connectivity index (χ0) is 19.2. The first-order valence-corrected chi connectivity index (χ1v) is 9.44. The highest BCUT2D eigenvalue weighted by atomic mass is 35.5. The number of amides is 2. The van der Waals surface area contributed by atoms with E-state index in [9.17, 15) is 4.79 Å². The van der Waals surface area contributed by atoms with Crippen LogP contribution in [0, 0.1) is 0 Å². The third-order valence-corrected chi connectivity index (χ3v) is 4.77. The van der Waals surface area contributed by atoms with Crippen molar-refractivity contribution in [1.29, 1.82) is 0 Å². The van der Waals surface area contributed by atoms with Gasteiger partial charge in [-0.3, -0.25) is 0 Å². The van der Waals surface area contributed by atoms with Gasteiger partial charge in [-0.25, -0.2) is 4.79 Å². The van der Waals surface area contributed by atoms with Crippen LogP contribution in [0.1, 0.15) is 11.1 Å². The number of nitrogens with one attached hydrogen (secondary N) is 1. The maximum absolute atomic E-state index is 13.0. The van der Waals surface area contributed by atoms with E-state index in [1.54, 1.807) is 17.0 Å². The summed E-state index contributed by atoms with van der Waals surface area (Å²) in [5.41, 5.74) is 2.40. The summed E-state index contributed by atoms with van der Waals surface area (Å²) in [5, 5.41) is 3.81. The minimum absolute atomic E-state index is 0.292. The van der Waals surface area contributed by atoms with Crippen LogP contribution in [0.25, 0.3) is 0 Å². The Hall–Kier alpha value is -2.20. The Kier molecular flexibility index (Phi) is 6.62. The van der Waals surface area contributed by atoms with Gasteiger partial charge >= 0.3 is 6.03 Å². The highest BCUT2D eigenvalue weighted by Crippen LogP contribution is 2.34. The number of rotatable bonds is 5. The van der Waals surface area contributed by atoms with Crippen molar-refractivity contribution in [2.24, 2.45) is 0 Å². The summed E-state index contributed by atoms with van der Waals surface area (Å²) in [4.78, 5) is 14.7. The summed E-state index contributed by atoms with van der Waals surface area (Å²) in [5.74, 6) is 0. The van der Waals surface area contributed by atoms with E-state index in [1.165, 1.54) is 0 Å². The fourth-order valence-electron chi connectivity index (χ4n) is 2.65. The molecule has 0 aliphatic carbocycles. The number of halogens is 3. The second-order valence-corrected chi connectivity index (χ2v) is 7.25. The number of benzene rings is 3. The van der Waals surface area contributed by atoms with E-state index in [0.29, 0.717) is 33.8 Å². The summed E-state index contributed by atoms with van der Waals surface area (Å²) >= 11 is 18.3. The molecule has 0 heterocycles. The standard InChI is InChI=1S/C21H17Cl3N2O/c22-17-11-18(23)20(19(24)12-17)25-21(27)26(13-15-7-3-1-4-8-15)14-16-9-5-2-6-10-16/h1-12H,13-14H2,(H,25,27). The zero-order valence-corrected chi connectivity index (χ0v) is 16.6. The first kappa shape index (κ1) is 19.6. The van der Waals surface area contributed by atoms with E-state index in [4.69, 9.17) is 34.8 Å². The minimum Gasteiger partial charge on any atom is -0.316 e. The minimum atomic E-state index is -0.297. The van der Waals surface area contributed by atoms with Gasteiger partial charge in [-0.05, 0) is 23.3 Å². The molecule has 0 saturated heterocycles. The smallest absolute Gasteiger partial charge is 0.316 e. The van der Waals surface area contributed by atoms with E-state index in [0.717, 1.165) is 11.1 Å². The molecule has 0 atom stereocenters. The number of nitrogens with zero attached hydrogens (tertiary/aromatic N) is 1. The zero-order valence-electron chi connectivity index (χ0n) is 14.3. The van der Waals surface area contributed by atoms with Crippen LogP contribution < -0.4 is 5.32 Å². The molecule has 0 fully saturated rings. The fourth-order valence-corrected chi connectivity index (χ4v) is 3.57. The molecule has 3 nitrogen and oxygen atoms in total. The number of urea groups is 1. The molecule has 1 N–H and O–H groups in total. The Morgan fingerprint density at radius 3 is 1.67 bits per heavy atom. The lowest BCUT2D eigenvalue weighted by atomic mass is 10.2. The molecule has 0 aromatic heterocycles. The van der Waals surface area contributed by atoms with Gasteiger partial charge in [0.1, 0.15) is 0 Å². The van der Waals surface area contributed by atoms with Crippen LogP contribution in [-0.4, -0.2) is 10.9 Å². The Balaban J connectivity index is 1.84. The molecular weight excluding hydrogens is 403 g/mol. The molecule has 138 valence electrons. The summed E-state index contributed by atoms with van der Waals surface area (Å²) < 4.78 is 0. The molecule has 3 rings (SSSR count). The molecule has 0 aliphatic rings. The number of carbonyl (C=O) groups is 1. The van der Waals surface area contributed by atoms with Gasteiger partial charge in [0.2, 0.25) is 0 Å². The SMILES string of the molecule is O=C(Nc1c(Cl)cc(Cl)cc1Cl)N(Cc1ccccc1)Cc1ccccc1. The summed E-state index contributed by atoms with van der Waals surface area (Å²) in [6.07, 6.45) is 0. The van der Waals surface area contributed by atoms with E-state index in [2.05, 4.69) is 5.32 Å². The van der Waals surface area contributed by atoms with Crippen LogP contribution in [0.4, 0.5) is 10.5 Å². The van der Waals surface area contributed by atoms with E-state index >= 15 is 0 Å². The van der Waals surface area contributed by atoms with Gasteiger partial charge in [0.05, 0.1) is 15.7 Å². The molecular formula is C21H17Cl3N2O. The molecule has 2 amide bonds. The van der Waals surface area contributed by atoms with Crippen molar-refractivity contribution in [3.05, 3.63) is 99.0 Å². The fraction of sp³-hybridized carbons (Fsp3) is 0.0952. The van der Waals surface area contributed by atoms with Crippen LogP contribution in [0.15, 0.2) is 72.8 Å². The van der Waals surface area contributed by atoms with Gasteiger partial charge < -0.3 is 10.2 Å². The van der Waals surface area contributed by atoms with Crippen molar-refractivity contribution in [3.8, 4) is 0 Å². The van der Waals surface area contributed by atoms with Crippen LogP contribution >= 0.6 is 34.8 Å². The largest absolute Gasteiger partial charge is 0.322 e. The van der Waals surface area contributed by atoms with Crippen molar-refractivity contribution in [3.63, 3.8) is 0 Å². The van der Waals surface area contributed by atoms with Crippen molar-refractivity contribution in [2.75, 3.05) is 5.32 Å². The topological polar surface area (TPSA) is 32.3 Å². The third-order valence-electron chi connectivity index (χ3n) is 3.96. The first-order chi connectivity index (χ1) is 13.0. The van der Waals surface area contributed by atoms with Gasteiger partial charge in [-0.1, -0.05) is 95.5 Å². The van der Waals surface area contributed by atoms with Gasteiger partial charge in [-0.2, -0.15) is 0 Å². The predicted molar refractivity (Wildman–Crippen MR) is 113 cm³/mol. The Morgan fingerprint density at radius 1 is 0.778 bits per heavy atom.